The minimum atomic E-state index is -3.20. The molecule has 17 heavy (non-hydrogen) atoms. The minimum Gasteiger partial charge on any atom is -0.330 e. The van der Waals surface area contributed by atoms with Crippen molar-refractivity contribution < 1.29 is 9.09 Å². The zero-order valence-corrected chi connectivity index (χ0v) is 10.7. The number of hydrogen-bond donors (Lipinski definition) is 2. The number of terminal acetylenes is 1. The molecule has 0 saturated carbocycles. The topological polar surface area (TPSA) is 64.4 Å². The van der Waals surface area contributed by atoms with Crippen LogP contribution in [0.2, 0.25) is 0 Å². The highest BCUT2D eigenvalue weighted by atomic mass is 31.2. The molecule has 1 atom stereocenters. The maximum Gasteiger partial charge on any atom is 0.367 e. The van der Waals surface area contributed by atoms with E-state index in [0.717, 1.165) is 12.0 Å². The van der Waals surface area contributed by atoms with Crippen LogP contribution in [0.15, 0.2) is 24.3 Å². The fraction of sp³-hybridized carbons (Fsp3) is 0.333. The van der Waals surface area contributed by atoms with Crippen LogP contribution >= 0.6 is 7.52 Å². The van der Waals surface area contributed by atoms with Gasteiger partial charge in [0.25, 0.3) is 0 Å². The second-order valence-corrected chi connectivity index (χ2v) is 5.29. The molecule has 1 rings (SSSR count). The number of nitrogens with two attached hydrogens (primary N) is 1. The van der Waals surface area contributed by atoms with Crippen LogP contribution in [0.4, 0.5) is 5.69 Å². The lowest BCUT2D eigenvalue weighted by molar-refractivity contribution is 0.345. The van der Waals surface area contributed by atoms with Gasteiger partial charge in [0.2, 0.25) is 0 Å². The maximum atomic E-state index is 12.0. The summed E-state index contributed by atoms with van der Waals surface area (Å²) < 4.78 is 17.0. The van der Waals surface area contributed by atoms with Gasteiger partial charge in [-0.1, -0.05) is 12.1 Å². The van der Waals surface area contributed by atoms with E-state index in [2.05, 4.69) is 10.7 Å². The van der Waals surface area contributed by atoms with Crippen molar-refractivity contribution >= 4 is 13.2 Å². The predicted molar refractivity (Wildman–Crippen MR) is 70.9 cm³/mol. The van der Waals surface area contributed by atoms with Crippen molar-refractivity contribution in [2.75, 3.05) is 18.2 Å². The Balaban J connectivity index is 2.75. The SMILES string of the molecule is C#CP(=O)(Nc1ccc(CCN)cc1)OCC. The van der Waals surface area contributed by atoms with Crippen molar-refractivity contribution in [1.29, 1.82) is 0 Å². The van der Waals surface area contributed by atoms with Crippen LogP contribution in [0.1, 0.15) is 12.5 Å². The Morgan fingerprint density at radius 3 is 2.59 bits per heavy atom. The van der Waals surface area contributed by atoms with Gasteiger partial charge in [0.1, 0.15) is 0 Å². The first kappa shape index (κ1) is 13.8. The number of rotatable bonds is 6. The van der Waals surface area contributed by atoms with Crippen molar-refractivity contribution in [3.8, 4) is 12.1 Å². The summed E-state index contributed by atoms with van der Waals surface area (Å²) in [6, 6.07) is 7.46. The molecule has 3 N–H and O–H groups in total. The van der Waals surface area contributed by atoms with Crippen LogP contribution in [-0.4, -0.2) is 13.2 Å². The van der Waals surface area contributed by atoms with Crippen molar-refractivity contribution in [2.24, 2.45) is 5.73 Å². The summed E-state index contributed by atoms with van der Waals surface area (Å²) in [5.41, 5.74) is 9.44. The monoisotopic (exact) mass is 252 g/mol. The van der Waals surface area contributed by atoms with Crippen molar-refractivity contribution in [1.82, 2.24) is 0 Å². The lowest BCUT2D eigenvalue weighted by Crippen LogP contribution is -2.03. The first-order valence-electron chi connectivity index (χ1n) is 5.43. The molecule has 1 aromatic carbocycles. The fourth-order valence-electron chi connectivity index (χ4n) is 1.37. The number of nitrogens with one attached hydrogen (secondary N) is 1. The van der Waals surface area contributed by atoms with Crippen LogP contribution < -0.4 is 10.8 Å². The zero-order chi connectivity index (χ0) is 12.7. The van der Waals surface area contributed by atoms with E-state index in [9.17, 15) is 4.57 Å². The summed E-state index contributed by atoms with van der Waals surface area (Å²) in [7, 11) is -3.20. The lowest BCUT2D eigenvalue weighted by atomic mass is 10.1. The third-order valence-electron chi connectivity index (χ3n) is 2.14. The van der Waals surface area contributed by atoms with Crippen LogP contribution in [0.5, 0.6) is 0 Å². The molecule has 0 bridgehead atoms. The van der Waals surface area contributed by atoms with E-state index in [4.69, 9.17) is 16.7 Å². The van der Waals surface area contributed by atoms with Gasteiger partial charge in [0, 0.05) is 11.3 Å². The first-order chi connectivity index (χ1) is 8.13. The van der Waals surface area contributed by atoms with E-state index < -0.39 is 7.52 Å². The third-order valence-corrected chi connectivity index (χ3v) is 3.66. The van der Waals surface area contributed by atoms with Gasteiger partial charge in [0.15, 0.2) is 0 Å². The van der Waals surface area contributed by atoms with Gasteiger partial charge in [-0.15, -0.1) is 6.42 Å². The molecule has 5 heteroatoms. The molecule has 0 aliphatic rings. The summed E-state index contributed by atoms with van der Waals surface area (Å²) in [6.07, 6.45) is 6.02. The lowest BCUT2D eigenvalue weighted by Gasteiger charge is -2.14. The molecule has 0 aliphatic heterocycles. The minimum absolute atomic E-state index is 0.305. The smallest absolute Gasteiger partial charge is 0.330 e. The fourth-order valence-corrected chi connectivity index (χ4v) is 2.42. The van der Waals surface area contributed by atoms with Crippen molar-refractivity contribution in [2.45, 2.75) is 13.3 Å². The van der Waals surface area contributed by atoms with Gasteiger partial charge < -0.3 is 15.3 Å². The highest BCUT2D eigenvalue weighted by Crippen LogP contribution is 2.45. The summed E-state index contributed by atoms with van der Waals surface area (Å²) in [6.45, 7) is 2.66. The molecule has 0 aliphatic carbocycles. The molecular weight excluding hydrogens is 235 g/mol. The second-order valence-electron chi connectivity index (χ2n) is 3.45. The number of benzene rings is 1. The molecular formula is C12H17N2O2P. The van der Waals surface area contributed by atoms with E-state index in [1.165, 1.54) is 0 Å². The highest BCUT2D eigenvalue weighted by molar-refractivity contribution is 7.65. The summed E-state index contributed by atoms with van der Waals surface area (Å²) in [4.78, 5) is 0. The molecule has 92 valence electrons. The van der Waals surface area contributed by atoms with E-state index >= 15 is 0 Å². The Hall–Kier alpha value is -1.27. The van der Waals surface area contributed by atoms with E-state index in [-0.39, 0.29) is 0 Å². The van der Waals surface area contributed by atoms with Gasteiger partial charge >= 0.3 is 7.52 Å². The first-order valence-corrected chi connectivity index (χ1v) is 7.05. The largest absolute Gasteiger partial charge is 0.367 e. The second kappa shape index (κ2) is 6.46. The predicted octanol–water partition coefficient (Wildman–Crippen LogP) is 2.42. The maximum absolute atomic E-state index is 12.0. The average Bonchev–Trinajstić information content (AvgIpc) is 2.32. The van der Waals surface area contributed by atoms with E-state index in [0.29, 0.717) is 18.8 Å². The molecule has 0 saturated heterocycles. The molecule has 0 radical (unpaired) electrons. The van der Waals surface area contributed by atoms with Crippen LogP contribution in [0, 0.1) is 12.1 Å². The average molecular weight is 252 g/mol. The van der Waals surface area contributed by atoms with Gasteiger partial charge in [0.05, 0.1) is 6.61 Å². The molecule has 4 nitrogen and oxygen atoms in total. The zero-order valence-electron chi connectivity index (χ0n) is 9.85. The molecule has 0 heterocycles. The van der Waals surface area contributed by atoms with Crippen molar-refractivity contribution in [3.05, 3.63) is 29.8 Å². The molecule has 0 fully saturated rings. The summed E-state index contributed by atoms with van der Waals surface area (Å²) in [5, 5.41) is 2.74. The molecule has 0 aromatic heterocycles. The number of anilines is 1. The quantitative estimate of drug-likeness (QED) is 0.603. The van der Waals surface area contributed by atoms with Gasteiger partial charge in [-0.25, -0.2) is 0 Å². The Morgan fingerprint density at radius 1 is 1.47 bits per heavy atom. The van der Waals surface area contributed by atoms with E-state index in [1.807, 2.05) is 24.3 Å². The number of hydrogen-bond acceptors (Lipinski definition) is 3. The molecule has 0 amide bonds. The van der Waals surface area contributed by atoms with Crippen LogP contribution in [-0.2, 0) is 15.5 Å². The Labute approximate surface area is 102 Å². The standard InChI is InChI=1S/C12H17N2O2P/c1-3-16-17(15,4-2)14-12-7-5-11(6-8-12)9-10-13/h2,5-8H,3,9-10,13H2,1H3,(H,14,15). The van der Waals surface area contributed by atoms with E-state index in [1.54, 1.807) is 6.92 Å². The highest BCUT2D eigenvalue weighted by Gasteiger charge is 2.18. The third kappa shape index (κ3) is 4.24. The van der Waals surface area contributed by atoms with Crippen LogP contribution in [0.25, 0.3) is 0 Å². The summed E-state index contributed by atoms with van der Waals surface area (Å²) in [5.74, 6) is 0. The van der Waals surface area contributed by atoms with Gasteiger partial charge in [-0.3, -0.25) is 4.57 Å². The molecule has 1 unspecified atom stereocenters. The Kier molecular flexibility index (Phi) is 5.24. The Morgan fingerprint density at radius 2 is 2.12 bits per heavy atom. The van der Waals surface area contributed by atoms with Gasteiger partial charge in [-0.2, -0.15) is 0 Å². The Bertz CT molecular complexity index is 437. The summed E-state index contributed by atoms with van der Waals surface area (Å²) >= 11 is 0. The molecule has 0 spiro atoms. The normalized spacial score (nSPS) is 13.7. The van der Waals surface area contributed by atoms with Crippen LogP contribution in [0.3, 0.4) is 0 Å². The molecule has 1 aromatic rings. The van der Waals surface area contributed by atoms with Crippen molar-refractivity contribution in [3.63, 3.8) is 0 Å². The van der Waals surface area contributed by atoms with Gasteiger partial charge in [-0.05, 0) is 37.6 Å².